The molecule has 0 aliphatic carbocycles. The lowest BCUT2D eigenvalue weighted by Crippen LogP contribution is -1.98. The standard InChI is InChI=1S/C11H19ClN2/c1-3-5-11(12)7-4-6-10-8-13-14(2)9-10/h8-9,11H,3-7H2,1-2H3. The van der Waals surface area contributed by atoms with E-state index < -0.39 is 0 Å². The number of aromatic nitrogens is 2. The van der Waals surface area contributed by atoms with Crippen LogP contribution in [0.4, 0.5) is 0 Å². The number of hydrogen-bond donors (Lipinski definition) is 0. The molecule has 0 spiro atoms. The first-order valence-electron chi connectivity index (χ1n) is 5.34. The van der Waals surface area contributed by atoms with Crippen LogP contribution in [0.25, 0.3) is 0 Å². The van der Waals surface area contributed by atoms with Crippen molar-refractivity contribution >= 4 is 11.6 Å². The van der Waals surface area contributed by atoms with Gasteiger partial charge in [-0.2, -0.15) is 5.10 Å². The molecule has 2 nitrogen and oxygen atoms in total. The van der Waals surface area contributed by atoms with Gasteiger partial charge < -0.3 is 0 Å². The van der Waals surface area contributed by atoms with Gasteiger partial charge in [-0.15, -0.1) is 11.6 Å². The zero-order valence-corrected chi connectivity index (χ0v) is 9.80. The highest BCUT2D eigenvalue weighted by atomic mass is 35.5. The SMILES string of the molecule is CCCC(Cl)CCCc1cnn(C)c1. The van der Waals surface area contributed by atoms with Crippen LogP contribution in [0.1, 0.15) is 38.2 Å². The normalized spacial score (nSPS) is 13.1. The van der Waals surface area contributed by atoms with Crippen LogP contribution in [0.2, 0.25) is 0 Å². The van der Waals surface area contributed by atoms with Crippen molar-refractivity contribution in [2.45, 2.75) is 44.4 Å². The Kier molecular flexibility index (Phi) is 5.02. The van der Waals surface area contributed by atoms with Crippen molar-refractivity contribution in [1.29, 1.82) is 0 Å². The van der Waals surface area contributed by atoms with Crippen molar-refractivity contribution in [1.82, 2.24) is 9.78 Å². The third-order valence-electron chi connectivity index (χ3n) is 2.34. The molecule has 14 heavy (non-hydrogen) atoms. The fourth-order valence-electron chi connectivity index (χ4n) is 1.59. The molecule has 1 unspecified atom stereocenters. The topological polar surface area (TPSA) is 17.8 Å². The number of nitrogens with zero attached hydrogens (tertiary/aromatic N) is 2. The lowest BCUT2D eigenvalue weighted by atomic mass is 10.1. The minimum absolute atomic E-state index is 0.358. The molecule has 0 amide bonds. The van der Waals surface area contributed by atoms with Crippen molar-refractivity contribution in [3.05, 3.63) is 18.0 Å². The van der Waals surface area contributed by atoms with Crippen LogP contribution in [-0.4, -0.2) is 15.2 Å². The van der Waals surface area contributed by atoms with E-state index in [0.717, 1.165) is 19.3 Å². The average molecular weight is 215 g/mol. The predicted molar refractivity (Wildman–Crippen MR) is 60.7 cm³/mol. The van der Waals surface area contributed by atoms with Gasteiger partial charge in [-0.3, -0.25) is 4.68 Å². The summed E-state index contributed by atoms with van der Waals surface area (Å²) in [6, 6.07) is 0. The summed E-state index contributed by atoms with van der Waals surface area (Å²) in [6.07, 6.45) is 9.70. The molecule has 0 aromatic carbocycles. The number of hydrogen-bond acceptors (Lipinski definition) is 1. The van der Waals surface area contributed by atoms with Crippen LogP contribution >= 0.6 is 11.6 Å². The highest BCUT2D eigenvalue weighted by molar-refractivity contribution is 6.20. The zero-order chi connectivity index (χ0) is 10.4. The van der Waals surface area contributed by atoms with Gasteiger partial charge in [-0.25, -0.2) is 0 Å². The molecule has 1 aromatic heterocycles. The van der Waals surface area contributed by atoms with E-state index in [2.05, 4.69) is 18.2 Å². The second-order valence-electron chi connectivity index (χ2n) is 3.80. The monoisotopic (exact) mass is 214 g/mol. The fraction of sp³-hybridized carbons (Fsp3) is 0.727. The van der Waals surface area contributed by atoms with Crippen molar-refractivity contribution < 1.29 is 0 Å². The van der Waals surface area contributed by atoms with E-state index in [1.807, 2.05) is 17.9 Å². The van der Waals surface area contributed by atoms with Gasteiger partial charge in [0.2, 0.25) is 0 Å². The molecule has 0 aliphatic rings. The summed E-state index contributed by atoms with van der Waals surface area (Å²) in [4.78, 5) is 0. The molecule has 0 fully saturated rings. The lowest BCUT2D eigenvalue weighted by molar-refractivity contribution is 0.640. The van der Waals surface area contributed by atoms with Gasteiger partial charge in [0.25, 0.3) is 0 Å². The van der Waals surface area contributed by atoms with Gasteiger partial charge >= 0.3 is 0 Å². The van der Waals surface area contributed by atoms with E-state index in [1.165, 1.54) is 18.4 Å². The molecule has 80 valence electrons. The van der Waals surface area contributed by atoms with Crippen LogP contribution in [0, 0.1) is 0 Å². The van der Waals surface area contributed by atoms with Gasteiger partial charge in [0.15, 0.2) is 0 Å². The summed E-state index contributed by atoms with van der Waals surface area (Å²) < 4.78 is 1.85. The van der Waals surface area contributed by atoms with Crippen molar-refractivity contribution in [3.63, 3.8) is 0 Å². The first-order chi connectivity index (χ1) is 6.72. The van der Waals surface area contributed by atoms with Gasteiger partial charge in [0.05, 0.1) is 6.20 Å². The van der Waals surface area contributed by atoms with Crippen LogP contribution in [0.3, 0.4) is 0 Å². The summed E-state index contributed by atoms with van der Waals surface area (Å²) >= 11 is 6.13. The average Bonchev–Trinajstić information content (AvgIpc) is 2.52. The maximum atomic E-state index is 6.13. The molecule has 0 aliphatic heterocycles. The van der Waals surface area contributed by atoms with Gasteiger partial charge in [0.1, 0.15) is 0 Å². The number of rotatable bonds is 6. The first-order valence-corrected chi connectivity index (χ1v) is 5.77. The van der Waals surface area contributed by atoms with Gasteiger partial charge in [-0.1, -0.05) is 13.3 Å². The minimum Gasteiger partial charge on any atom is -0.276 e. The molecule has 3 heteroatoms. The number of alkyl halides is 1. The third kappa shape index (κ3) is 4.14. The maximum absolute atomic E-state index is 6.13. The highest BCUT2D eigenvalue weighted by Gasteiger charge is 2.03. The van der Waals surface area contributed by atoms with E-state index >= 15 is 0 Å². The minimum atomic E-state index is 0.358. The molecular weight excluding hydrogens is 196 g/mol. The molecular formula is C11H19ClN2. The Morgan fingerprint density at radius 3 is 2.86 bits per heavy atom. The number of halogens is 1. The predicted octanol–water partition coefficient (Wildman–Crippen LogP) is 3.15. The van der Waals surface area contributed by atoms with E-state index in [4.69, 9.17) is 11.6 Å². The molecule has 1 heterocycles. The Morgan fingerprint density at radius 2 is 2.29 bits per heavy atom. The van der Waals surface area contributed by atoms with E-state index in [1.54, 1.807) is 0 Å². The molecule has 1 atom stereocenters. The highest BCUT2D eigenvalue weighted by Crippen LogP contribution is 2.14. The maximum Gasteiger partial charge on any atom is 0.0521 e. The zero-order valence-electron chi connectivity index (χ0n) is 9.04. The molecule has 0 saturated heterocycles. The molecule has 1 aromatic rings. The van der Waals surface area contributed by atoms with E-state index in [9.17, 15) is 0 Å². The second kappa shape index (κ2) is 6.07. The quantitative estimate of drug-likeness (QED) is 0.666. The Labute approximate surface area is 91.3 Å². The lowest BCUT2D eigenvalue weighted by Gasteiger charge is -2.06. The summed E-state index contributed by atoms with van der Waals surface area (Å²) in [7, 11) is 1.95. The molecule has 1 rings (SSSR count). The van der Waals surface area contributed by atoms with Crippen LogP contribution in [0.15, 0.2) is 12.4 Å². The number of aryl methyl sites for hydroxylation is 2. The Balaban J connectivity index is 2.15. The summed E-state index contributed by atoms with van der Waals surface area (Å²) in [6.45, 7) is 2.18. The molecule has 0 bridgehead atoms. The molecule has 0 saturated carbocycles. The van der Waals surface area contributed by atoms with Gasteiger partial charge in [-0.05, 0) is 31.2 Å². The van der Waals surface area contributed by atoms with Crippen molar-refractivity contribution in [2.24, 2.45) is 7.05 Å². The summed E-state index contributed by atoms with van der Waals surface area (Å²) in [5, 5.41) is 4.49. The molecule has 0 radical (unpaired) electrons. The second-order valence-corrected chi connectivity index (χ2v) is 4.42. The summed E-state index contributed by atoms with van der Waals surface area (Å²) in [5.74, 6) is 0. The van der Waals surface area contributed by atoms with Crippen molar-refractivity contribution in [3.8, 4) is 0 Å². The van der Waals surface area contributed by atoms with Crippen molar-refractivity contribution in [2.75, 3.05) is 0 Å². The fourth-order valence-corrected chi connectivity index (χ4v) is 1.96. The van der Waals surface area contributed by atoms with Gasteiger partial charge in [0, 0.05) is 18.6 Å². The summed E-state index contributed by atoms with van der Waals surface area (Å²) in [5.41, 5.74) is 1.31. The smallest absolute Gasteiger partial charge is 0.0521 e. The first kappa shape index (κ1) is 11.6. The third-order valence-corrected chi connectivity index (χ3v) is 2.78. The van der Waals surface area contributed by atoms with Crippen LogP contribution < -0.4 is 0 Å². The Morgan fingerprint density at radius 1 is 1.50 bits per heavy atom. The van der Waals surface area contributed by atoms with E-state index in [0.29, 0.717) is 5.38 Å². The Hall–Kier alpha value is -0.500. The van der Waals surface area contributed by atoms with E-state index in [-0.39, 0.29) is 0 Å². The van der Waals surface area contributed by atoms with Crippen LogP contribution in [0.5, 0.6) is 0 Å². The molecule has 0 N–H and O–H groups in total. The largest absolute Gasteiger partial charge is 0.276 e. The Bertz CT molecular complexity index is 258. The van der Waals surface area contributed by atoms with Crippen LogP contribution in [-0.2, 0) is 13.5 Å².